The number of fused-ring (bicyclic) bond motifs is 1. The van der Waals surface area contributed by atoms with Gasteiger partial charge in [-0.15, -0.1) is 11.6 Å². The zero-order chi connectivity index (χ0) is 20.3. The highest BCUT2D eigenvalue weighted by Crippen LogP contribution is 2.38. The molecule has 2 heterocycles. The summed E-state index contributed by atoms with van der Waals surface area (Å²) < 4.78 is 5.32. The molecule has 1 aliphatic rings. The Kier molecular flexibility index (Phi) is 5.36. The van der Waals surface area contributed by atoms with Crippen molar-refractivity contribution in [3.8, 4) is 0 Å². The fraction of sp³-hybridized carbons (Fsp3) is 0.227. The van der Waals surface area contributed by atoms with E-state index in [9.17, 15) is 9.59 Å². The monoisotopic (exact) mass is 409 g/mol. The maximum Gasteiger partial charge on any atom is 0.408 e. The minimum Gasteiger partial charge on any atom is -0.445 e. The van der Waals surface area contributed by atoms with E-state index in [0.717, 1.165) is 21.9 Å². The second-order valence-electron chi connectivity index (χ2n) is 7.01. The molecule has 0 saturated carbocycles. The number of benzene rings is 2. The topological polar surface area (TPSA) is 80.3 Å². The van der Waals surface area contributed by atoms with Crippen molar-refractivity contribution in [2.75, 3.05) is 6.54 Å². The standard InChI is InChI=1S/C22H20ClN3O3/c23-19(17-6-7-18-13-24-10-8-16(18)12-17)22(9-11-25-20(22)27)26-21(28)29-14-15-4-2-1-3-5-15/h1-8,10,12-13,19H,9,11,14H2,(H,25,27)(H,26,28)/t19?,22-/m1/s1. The smallest absolute Gasteiger partial charge is 0.408 e. The number of alkyl carbamates (subject to hydrolysis) is 1. The van der Waals surface area contributed by atoms with E-state index in [1.54, 1.807) is 12.4 Å². The van der Waals surface area contributed by atoms with Gasteiger partial charge >= 0.3 is 6.09 Å². The number of rotatable bonds is 5. The van der Waals surface area contributed by atoms with Crippen LogP contribution in [0.1, 0.15) is 22.9 Å². The third-order valence-corrected chi connectivity index (χ3v) is 5.76. The lowest BCUT2D eigenvalue weighted by Crippen LogP contribution is -2.56. The SMILES string of the molecule is O=C(N[C@@]1(C(Cl)c2ccc3cnccc3c2)CCNC1=O)OCc1ccccc1. The molecule has 3 aromatic rings. The summed E-state index contributed by atoms with van der Waals surface area (Å²) in [6.45, 7) is 0.540. The fourth-order valence-electron chi connectivity index (χ4n) is 3.55. The Labute approximate surface area is 173 Å². The molecule has 0 bridgehead atoms. The summed E-state index contributed by atoms with van der Waals surface area (Å²) in [5, 5.41) is 6.69. The van der Waals surface area contributed by atoms with Gasteiger partial charge in [-0.3, -0.25) is 9.78 Å². The van der Waals surface area contributed by atoms with Crippen LogP contribution in [0.3, 0.4) is 0 Å². The molecule has 2 atom stereocenters. The van der Waals surface area contributed by atoms with Crippen LogP contribution in [-0.4, -0.2) is 29.1 Å². The highest BCUT2D eigenvalue weighted by atomic mass is 35.5. The number of carbonyl (C=O) groups excluding carboxylic acids is 2. The molecular formula is C22H20ClN3O3. The van der Waals surface area contributed by atoms with Crippen LogP contribution in [0.25, 0.3) is 10.8 Å². The molecule has 1 saturated heterocycles. The summed E-state index contributed by atoms with van der Waals surface area (Å²) in [7, 11) is 0. The summed E-state index contributed by atoms with van der Waals surface area (Å²) in [6.07, 6.45) is 3.16. The lowest BCUT2D eigenvalue weighted by molar-refractivity contribution is -0.124. The van der Waals surface area contributed by atoms with Gasteiger partial charge in [0.25, 0.3) is 0 Å². The molecule has 4 rings (SSSR count). The number of alkyl halides is 1. The predicted molar refractivity (Wildman–Crippen MR) is 110 cm³/mol. The van der Waals surface area contributed by atoms with E-state index < -0.39 is 17.0 Å². The van der Waals surface area contributed by atoms with Crippen LogP contribution in [0.4, 0.5) is 4.79 Å². The van der Waals surface area contributed by atoms with Gasteiger partial charge in [-0.05, 0) is 35.1 Å². The molecule has 2 amide bonds. The van der Waals surface area contributed by atoms with Crippen molar-refractivity contribution in [1.29, 1.82) is 0 Å². The van der Waals surface area contributed by atoms with Gasteiger partial charge < -0.3 is 15.4 Å². The van der Waals surface area contributed by atoms with Gasteiger partial charge in [0, 0.05) is 24.3 Å². The second kappa shape index (κ2) is 8.09. The quantitative estimate of drug-likeness (QED) is 0.629. The van der Waals surface area contributed by atoms with E-state index >= 15 is 0 Å². The number of ether oxygens (including phenoxy) is 1. The van der Waals surface area contributed by atoms with Crippen molar-refractivity contribution in [2.24, 2.45) is 0 Å². The van der Waals surface area contributed by atoms with Gasteiger partial charge in [-0.25, -0.2) is 4.79 Å². The first-order valence-corrected chi connectivity index (χ1v) is 9.77. The first kappa shape index (κ1) is 19.2. The minimum atomic E-state index is -1.28. The number of halogens is 1. The van der Waals surface area contributed by atoms with Crippen molar-refractivity contribution in [3.05, 3.63) is 78.1 Å². The first-order chi connectivity index (χ1) is 14.1. The number of nitrogens with one attached hydrogen (secondary N) is 2. The molecule has 1 unspecified atom stereocenters. The van der Waals surface area contributed by atoms with Crippen LogP contribution in [0, 0.1) is 0 Å². The molecule has 148 valence electrons. The second-order valence-corrected chi connectivity index (χ2v) is 7.45. The van der Waals surface area contributed by atoms with Crippen molar-refractivity contribution in [3.63, 3.8) is 0 Å². The Morgan fingerprint density at radius 3 is 2.79 bits per heavy atom. The molecule has 1 aromatic heterocycles. The molecule has 7 heteroatoms. The van der Waals surface area contributed by atoms with Gasteiger partial charge in [0.2, 0.25) is 5.91 Å². The predicted octanol–water partition coefficient (Wildman–Crippen LogP) is 3.70. The Balaban J connectivity index is 1.55. The summed E-state index contributed by atoms with van der Waals surface area (Å²) >= 11 is 6.78. The summed E-state index contributed by atoms with van der Waals surface area (Å²) in [6, 6.07) is 16.9. The lowest BCUT2D eigenvalue weighted by atomic mass is 9.88. The third-order valence-electron chi connectivity index (χ3n) is 5.14. The van der Waals surface area contributed by atoms with Gasteiger partial charge in [0.05, 0.1) is 5.38 Å². The number of hydrogen-bond donors (Lipinski definition) is 2. The Bertz CT molecular complexity index is 1040. The summed E-state index contributed by atoms with van der Waals surface area (Å²) in [4.78, 5) is 29.3. The Hall–Kier alpha value is -3.12. The zero-order valence-corrected chi connectivity index (χ0v) is 16.4. The zero-order valence-electron chi connectivity index (χ0n) is 15.6. The number of amides is 2. The summed E-state index contributed by atoms with van der Waals surface area (Å²) in [5.41, 5.74) is 0.319. The molecular weight excluding hydrogens is 390 g/mol. The average molecular weight is 410 g/mol. The highest BCUT2D eigenvalue weighted by Gasteiger charge is 2.50. The van der Waals surface area contributed by atoms with Crippen LogP contribution < -0.4 is 10.6 Å². The molecule has 6 nitrogen and oxygen atoms in total. The van der Waals surface area contributed by atoms with E-state index in [1.165, 1.54) is 0 Å². The van der Waals surface area contributed by atoms with Crippen LogP contribution in [-0.2, 0) is 16.1 Å². The van der Waals surface area contributed by atoms with Crippen LogP contribution in [0.5, 0.6) is 0 Å². The van der Waals surface area contributed by atoms with Crippen molar-refractivity contribution in [1.82, 2.24) is 15.6 Å². The van der Waals surface area contributed by atoms with Gasteiger partial charge in [-0.2, -0.15) is 0 Å². The van der Waals surface area contributed by atoms with Crippen molar-refractivity contribution >= 4 is 34.4 Å². The minimum absolute atomic E-state index is 0.111. The molecule has 0 spiro atoms. The summed E-state index contributed by atoms with van der Waals surface area (Å²) in [5.74, 6) is -0.316. The fourth-order valence-corrected chi connectivity index (χ4v) is 3.95. The van der Waals surface area contributed by atoms with E-state index in [1.807, 2.05) is 54.6 Å². The van der Waals surface area contributed by atoms with Gasteiger partial charge in [0.15, 0.2) is 0 Å². The van der Waals surface area contributed by atoms with E-state index in [2.05, 4.69) is 15.6 Å². The molecule has 2 N–H and O–H groups in total. The molecule has 1 aliphatic heterocycles. The molecule has 0 aliphatic carbocycles. The van der Waals surface area contributed by atoms with Crippen LogP contribution in [0.15, 0.2) is 67.0 Å². The number of nitrogens with zero attached hydrogens (tertiary/aromatic N) is 1. The number of pyridine rings is 1. The van der Waals surface area contributed by atoms with E-state index in [0.29, 0.717) is 13.0 Å². The van der Waals surface area contributed by atoms with Crippen LogP contribution >= 0.6 is 11.6 Å². The normalized spacial score (nSPS) is 19.6. The maximum atomic E-state index is 12.7. The van der Waals surface area contributed by atoms with E-state index in [4.69, 9.17) is 16.3 Å². The lowest BCUT2D eigenvalue weighted by Gasteiger charge is -2.32. The van der Waals surface area contributed by atoms with Crippen LogP contribution in [0.2, 0.25) is 0 Å². The molecule has 0 radical (unpaired) electrons. The van der Waals surface area contributed by atoms with Gasteiger partial charge in [-0.1, -0.05) is 42.5 Å². The Morgan fingerprint density at radius 1 is 1.21 bits per heavy atom. The molecule has 29 heavy (non-hydrogen) atoms. The van der Waals surface area contributed by atoms with Crippen molar-refractivity contribution < 1.29 is 14.3 Å². The molecule has 1 fully saturated rings. The third kappa shape index (κ3) is 3.89. The molecule has 2 aromatic carbocycles. The first-order valence-electron chi connectivity index (χ1n) is 9.33. The number of aromatic nitrogens is 1. The Morgan fingerprint density at radius 2 is 2.03 bits per heavy atom. The maximum absolute atomic E-state index is 12.7. The highest BCUT2D eigenvalue weighted by molar-refractivity contribution is 6.24. The van der Waals surface area contributed by atoms with Gasteiger partial charge in [0.1, 0.15) is 12.1 Å². The van der Waals surface area contributed by atoms with Crippen molar-refractivity contribution in [2.45, 2.75) is 23.9 Å². The number of hydrogen-bond acceptors (Lipinski definition) is 4. The average Bonchev–Trinajstić information content (AvgIpc) is 3.13. The number of carbonyl (C=O) groups is 2. The largest absolute Gasteiger partial charge is 0.445 e. The van der Waals surface area contributed by atoms with E-state index in [-0.39, 0.29) is 12.5 Å².